The number of aliphatic hydroxyl groups excluding tert-OH is 1. The van der Waals surface area contributed by atoms with Crippen molar-refractivity contribution in [2.24, 2.45) is 12.5 Å². The van der Waals surface area contributed by atoms with Gasteiger partial charge in [0.05, 0.1) is 17.7 Å². The summed E-state index contributed by atoms with van der Waals surface area (Å²) in [5, 5.41) is 22.6. The molecule has 1 aromatic rings. The molecule has 1 atom stereocenters. The van der Waals surface area contributed by atoms with Crippen LogP contribution in [0.15, 0.2) is 12.4 Å². The average molecular weight is 198 g/mol. The molecule has 0 aliphatic rings. The molecule has 78 valence electrons. The lowest BCUT2D eigenvalue weighted by Gasteiger charge is -2.24. The smallest absolute Gasteiger partial charge is 0.312 e. The van der Waals surface area contributed by atoms with Crippen LogP contribution in [-0.2, 0) is 11.8 Å². The van der Waals surface area contributed by atoms with E-state index in [0.29, 0.717) is 5.56 Å². The lowest BCUT2D eigenvalue weighted by Crippen LogP contribution is -2.31. The maximum atomic E-state index is 10.9. The first kappa shape index (κ1) is 10.7. The first-order chi connectivity index (χ1) is 6.35. The van der Waals surface area contributed by atoms with Crippen LogP contribution in [0.3, 0.4) is 0 Å². The van der Waals surface area contributed by atoms with Crippen molar-refractivity contribution in [3.8, 4) is 0 Å². The minimum Gasteiger partial charge on any atom is -0.481 e. The van der Waals surface area contributed by atoms with Crippen molar-refractivity contribution in [2.45, 2.75) is 20.0 Å². The molecule has 1 aromatic heterocycles. The SMILES string of the molecule is Cn1cc(C(O)C(C)(C)C(=O)O)cn1. The van der Waals surface area contributed by atoms with Crippen LogP contribution in [0.5, 0.6) is 0 Å². The molecular formula is C9H14N2O3. The van der Waals surface area contributed by atoms with Gasteiger partial charge >= 0.3 is 5.97 Å². The molecule has 0 radical (unpaired) electrons. The number of hydrogen-bond acceptors (Lipinski definition) is 3. The van der Waals surface area contributed by atoms with Gasteiger partial charge in [-0.2, -0.15) is 5.10 Å². The lowest BCUT2D eigenvalue weighted by molar-refractivity contribution is -0.153. The van der Waals surface area contributed by atoms with Gasteiger partial charge in [0.25, 0.3) is 0 Å². The number of aryl methyl sites for hydroxylation is 1. The van der Waals surface area contributed by atoms with E-state index in [1.54, 1.807) is 13.2 Å². The minimum absolute atomic E-state index is 0.514. The molecule has 0 saturated carbocycles. The topological polar surface area (TPSA) is 75.4 Å². The molecule has 0 spiro atoms. The van der Waals surface area contributed by atoms with Gasteiger partial charge in [-0.15, -0.1) is 0 Å². The van der Waals surface area contributed by atoms with Crippen LogP contribution in [-0.4, -0.2) is 26.0 Å². The molecule has 1 rings (SSSR count). The zero-order chi connectivity index (χ0) is 10.9. The van der Waals surface area contributed by atoms with E-state index < -0.39 is 17.5 Å². The largest absolute Gasteiger partial charge is 0.481 e. The minimum atomic E-state index is -1.21. The summed E-state index contributed by atoms with van der Waals surface area (Å²) in [6.07, 6.45) is 2.03. The maximum Gasteiger partial charge on any atom is 0.312 e. The van der Waals surface area contributed by atoms with Gasteiger partial charge in [0.1, 0.15) is 0 Å². The number of hydrogen-bond donors (Lipinski definition) is 2. The Hall–Kier alpha value is -1.36. The Morgan fingerprint density at radius 2 is 2.21 bits per heavy atom. The number of aromatic nitrogens is 2. The second kappa shape index (κ2) is 3.42. The van der Waals surface area contributed by atoms with E-state index in [-0.39, 0.29) is 0 Å². The van der Waals surface area contributed by atoms with Crippen LogP contribution in [0.2, 0.25) is 0 Å². The molecule has 0 aliphatic carbocycles. The second-order valence-electron chi connectivity index (χ2n) is 3.88. The normalized spacial score (nSPS) is 14.0. The Morgan fingerprint density at radius 1 is 1.64 bits per heavy atom. The average Bonchev–Trinajstić information content (AvgIpc) is 2.50. The van der Waals surface area contributed by atoms with E-state index in [1.165, 1.54) is 24.7 Å². The molecule has 14 heavy (non-hydrogen) atoms. The zero-order valence-corrected chi connectivity index (χ0v) is 8.43. The van der Waals surface area contributed by atoms with Gasteiger partial charge in [-0.25, -0.2) is 0 Å². The predicted octanol–water partition coefficient (Wildman–Crippen LogP) is 0.564. The molecule has 0 aliphatic heterocycles. The molecule has 0 saturated heterocycles. The summed E-state index contributed by atoms with van der Waals surface area (Å²) in [6, 6.07) is 0. The van der Waals surface area contributed by atoms with Crippen LogP contribution in [0.4, 0.5) is 0 Å². The van der Waals surface area contributed by atoms with E-state index in [4.69, 9.17) is 5.11 Å². The summed E-state index contributed by atoms with van der Waals surface area (Å²) in [7, 11) is 1.71. The monoisotopic (exact) mass is 198 g/mol. The Morgan fingerprint density at radius 3 is 2.57 bits per heavy atom. The Kier molecular flexibility index (Phi) is 2.62. The quantitative estimate of drug-likeness (QED) is 0.744. The van der Waals surface area contributed by atoms with Gasteiger partial charge in [0, 0.05) is 18.8 Å². The molecule has 0 amide bonds. The van der Waals surface area contributed by atoms with Crippen molar-refractivity contribution in [1.29, 1.82) is 0 Å². The van der Waals surface area contributed by atoms with Crippen molar-refractivity contribution in [3.05, 3.63) is 18.0 Å². The third-order valence-electron chi connectivity index (χ3n) is 2.28. The van der Waals surface area contributed by atoms with Crippen LogP contribution >= 0.6 is 0 Å². The first-order valence-corrected chi connectivity index (χ1v) is 4.25. The number of nitrogens with zero attached hydrogens (tertiary/aromatic N) is 2. The number of carbonyl (C=O) groups is 1. The Bertz CT molecular complexity index is 344. The Labute approximate surface area is 82.0 Å². The number of rotatable bonds is 3. The lowest BCUT2D eigenvalue weighted by atomic mass is 9.84. The number of aliphatic hydroxyl groups is 1. The van der Waals surface area contributed by atoms with Crippen LogP contribution in [0.25, 0.3) is 0 Å². The van der Waals surface area contributed by atoms with Crippen molar-refractivity contribution < 1.29 is 15.0 Å². The highest BCUT2D eigenvalue weighted by molar-refractivity contribution is 5.74. The molecule has 1 unspecified atom stereocenters. The summed E-state index contributed by atoms with van der Waals surface area (Å²) < 4.78 is 1.52. The molecule has 5 heteroatoms. The fraction of sp³-hybridized carbons (Fsp3) is 0.556. The van der Waals surface area contributed by atoms with Crippen LogP contribution < -0.4 is 0 Å². The summed E-state index contributed by atoms with van der Waals surface area (Å²) in [4.78, 5) is 10.9. The third kappa shape index (κ3) is 1.77. The van der Waals surface area contributed by atoms with E-state index in [0.717, 1.165) is 0 Å². The van der Waals surface area contributed by atoms with E-state index in [2.05, 4.69) is 5.10 Å². The highest BCUT2D eigenvalue weighted by atomic mass is 16.4. The van der Waals surface area contributed by atoms with E-state index in [1.807, 2.05) is 0 Å². The van der Waals surface area contributed by atoms with Crippen molar-refractivity contribution in [3.63, 3.8) is 0 Å². The van der Waals surface area contributed by atoms with Crippen molar-refractivity contribution >= 4 is 5.97 Å². The number of carboxylic acids is 1. The van der Waals surface area contributed by atoms with Gasteiger partial charge in [-0.1, -0.05) is 0 Å². The van der Waals surface area contributed by atoms with Crippen molar-refractivity contribution in [1.82, 2.24) is 9.78 Å². The van der Waals surface area contributed by atoms with Gasteiger partial charge < -0.3 is 10.2 Å². The first-order valence-electron chi connectivity index (χ1n) is 4.25. The van der Waals surface area contributed by atoms with Gasteiger partial charge in [0.2, 0.25) is 0 Å². The molecule has 1 heterocycles. The van der Waals surface area contributed by atoms with E-state index >= 15 is 0 Å². The molecular weight excluding hydrogens is 184 g/mol. The highest BCUT2D eigenvalue weighted by Crippen LogP contribution is 2.32. The predicted molar refractivity (Wildman–Crippen MR) is 49.6 cm³/mol. The van der Waals surface area contributed by atoms with Crippen LogP contribution in [0, 0.1) is 5.41 Å². The molecule has 5 nitrogen and oxygen atoms in total. The summed E-state index contributed by atoms with van der Waals surface area (Å²) in [5.41, 5.74) is -0.692. The van der Waals surface area contributed by atoms with Crippen molar-refractivity contribution in [2.75, 3.05) is 0 Å². The van der Waals surface area contributed by atoms with Gasteiger partial charge in [0.15, 0.2) is 0 Å². The molecule has 0 aromatic carbocycles. The van der Waals surface area contributed by atoms with Crippen LogP contribution in [0.1, 0.15) is 25.5 Å². The van der Waals surface area contributed by atoms with Gasteiger partial charge in [-0.05, 0) is 13.8 Å². The fourth-order valence-corrected chi connectivity index (χ4v) is 1.11. The Balaban J connectivity index is 2.95. The molecule has 0 fully saturated rings. The summed E-state index contributed by atoms with van der Waals surface area (Å²) in [5.74, 6) is -1.03. The highest BCUT2D eigenvalue weighted by Gasteiger charge is 2.37. The zero-order valence-electron chi connectivity index (χ0n) is 8.43. The summed E-state index contributed by atoms with van der Waals surface area (Å²) in [6.45, 7) is 2.96. The fourth-order valence-electron chi connectivity index (χ4n) is 1.11. The molecule has 0 bridgehead atoms. The summed E-state index contributed by atoms with van der Waals surface area (Å²) >= 11 is 0. The standard InChI is InChI=1S/C9H14N2O3/c1-9(2,8(13)14)7(12)6-4-10-11(3)5-6/h4-5,7,12H,1-3H3,(H,13,14). The second-order valence-corrected chi connectivity index (χ2v) is 3.88. The third-order valence-corrected chi connectivity index (χ3v) is 2.28. The number of carboxylic acid groups (broad SMARTS) is 1. The van der Waals surface area contributed by atoms with E-state index in [9.17, 15) is 9.90 Å². The molecule has 2 N–H and O–H groups in total. The maximum absolute atomic E-state index is 10.9. The van der Waals surface area contributed by atoms with Gasteiger partial charge in [-0.3, -0.25) is 9.48 Å². The number of aliphatic carboxylic acids is 1.